The Kier molecular flexibility index (Phi) is 20.8. The number of ether oxygens (including phenoxy) is 1. The molecule has 0 saturated carbocycles. The summed E-state index contributed by atoms with van der Waals surface area (Å²) in [6, 6.07) is 24.0. The smallest absolute Gasteiger partial charge is 0.315 e. The number of urea groups is 1. The molecule has 1 radical (unpaired) electrons. The molecular weight excluding hydrogens is 749 g/mol. The van der Waals surface area contributed by atoms with E-state index >= 15 is 0 Å². The highest BCUT2D eigenvalue weighted by molar-refractivity contribution is 5.80. The van der Waals surface area contributed by atoms with Crippen LogP contribution in [0.5, 0.6) is 0 Å². The van der Waals surface area contributed by atoms with Gasteiger partial charge in [0.05, 0.1) is 29.0 Å². The van der Waals surface area contributed by atoms with Crippen LogP contribution in [0.25, 0.3) is 21.8 Å². The number of fused-ring (bicyclic) bond motifs is 2. The van der Waals surface area contributed by atoms with Gasteiger partial charge in [-0.15, -0.1) is 0 Å². The molecule has 4 N–H and O–H groups in total. The van der Waals surface area contributed by atoms with Crippen molar-refractivity contribution in [1.82, 2.24) is 30.8 Å². The standard InChI is InChI=1S/C46H61N6O7/c1-35(24-29-45(56)57)48-46(58)47-30-14-5-4-7-19-40(54)18-6-2-3-8-22-43(55)51-44(59-34-53)23-13-15-31-52(32-38-27-25-36-16-9-11-20-41(36)49-38)33-39-28-26-37-17-10-12-21-42(37)50-39/h9-12,16-17,20-21,25-28,30,34-35,44H,2-8,13-15,18-19,22-24,29,31-33H2,1H3,(H,51,55)(H,56,57)(H2,47,48,58). The van der Waals surface area contributed by atoms with Crippen molar-refractivity contribution in [3.8, 4) is 0 Å². The van der Waals surface area contributed by atoms with Gasteiger partial charge >= 0.3 is 12.0 Å². The summed E-state index contributed by atoms with van der Waals surface area (Å²) in [5.41, 5.74) is 3.88. The molecule has 13 nitrogen and oxygen atoms in total. The van der Waals surface area contributed by atoms with E-state index in [-0.39, 0.29) is 30.2 Å². The molecule has 4 rings (SSSR count). The molecule has 59 heavy (non-hydrogen) atoms. The van der Waals surface area contributed by atoms with E-state index in [4.69, 9.17) is 19.8 Å². The number of hydrogen-bond acceptors (Lipinski definition) is 9. The maximum Gasteiger partial charge on any atom is 0.315 e. The summed E-state index contributed by atoms with van der Waals surface area (Å²) in [5, 5.41) is 19.2. The van der Waals surface area contributed by atoms with Gasteiger partial charge in [-0.1, -0.05) is 74.2 Å². The summed E-state index contributed by atoms with van der Waals surface area (Å²) in [4.78, 5) is 70.9. The molecule has 0 bridgehead atoms. The number of hydrogen-bond donors (Lipinski definition) is 4. The lowest BCUT2D eigenvalue weighted by atomic mass is 10.0. The van der Waals surface area contributed by atoms with Crippen molar-refractivity contribution in [2.24, 2.45) is 0 Å². The third-order valence-electron chi connectivity index (χ3n) is 10.1. The van der Waals surface area contributed by atoms with Crippen LogP contribution in [0.4, 0.5) is 4.79 Å². The Bertz CT molecular complexity index is 1840. The fourth-order valence-electron chi connectivity index (χ4n) is 6.90. The molecule has 0 aliphatic heterocycles. The molecule has 2 atom stereocenters. The number of aromatic nitrogens is 2. The fourth-order valence-corrected chi connectivity index (χ4v) is 6.90. The predicted molar refractivity (Wildman–Crippen MR) is 229 cm³/mol. The maximum absolute atomic E-state index is 12.7. The van der Waals surface area contributed by atoms with Gasteiger partial charge in [0.25, 0.3) is 6.47 Å². The molecule has 3 amide bonds. The van der Waals surface area contributed by atoms with Gasteiger partial charge in [0.1, 0.15) is 5.78 Å². The van der Waals surface area contributed by atoms with Crippen molar-refractivity contribution in [2.45, 2.75) is 135 Å². The molecule has 0 saturated heterocycles. The van der Waals surface area contributed by atoms with Crippen LogP contribution < -0.4 is 16.0 Å². The molecule has 2 aromatic heterocycles. The van der Waals surface area contributed by atoms with E-state index in [2.05, 4.69) is 57.2 Å². The van der Waals surface area contributed by atoms with Gasteiger partial charge in [0.15, 0.2) is 6.23 Å². The van der Waals surface area contributed by atoms with E-state index in [0.717, 1.165) is 91.1 Å². The monoisotopic (exact) mass is 809 g/mol. The number of benzene rings is 2. The second kappa shape index (κ2) is 26.5. The van der Waals surface area contributed by atoms with E-state index in [1.54, 1.807) is 13.5 Å². The Morgan fingerprint density at radius 1 is 0.695 bits per heavy atom. The summed E-state index contributed by atoms with van der Waals surface area (Å²) in [6.07, 6.45) is 9.59. The zero-order chi connectivity index (χ0) is 42.1. The normalized spacial score (nSPS) is 12.2. The van der Waals surface area contributed by atoms with Crippen molar-refractivity contribution in [1.29, 1.82) is 0 Å². The predicted octanol–water partition coefficient (Wildman–Crippen LogP) is 8.15. The first-order valence-electron chi connectivity index (χ1n) is 21.1. The molecule has 2 heterocycles. The third-order valence-corrected chi connectivity index (χ3v) is 10.1. The number of aliphatic carboxylic acids is 1. The highest BCUT2D eigenvalue weighted by Gasteiger charge is 2.15. The quantitative estimate of drug-likeness (QED) is 0.0228. The zero-order valence-corrected chi connectivity index (χ0v) is 34.4. The lowest BCUT2D eigenvalue weighted by Crippen LogP contribution is -2.39. The second-order valence-electron chi connectivity index (χ2n) is 15.2. The van der Waals surface area contributed by atoms with Crippen molar-refractivity contribution in [2.75, 3.05) is 6.54 Å². The maximum atomic E-state index is 12.7. The van der Waals surface area contributed by atoms with Gasteiger partial charge in [0, 0.05) is 62.0 Å². The lowest BCUT2D eigenvalue weighted by molar-refractivity contribution is -0.139. The van der Waals surface area contributed by atoms with Gasteiger partial charge in [-0.25, -0.2) is 4.79 Å². The Balaban J connectivity index is 1.07. The van der Waals surface area contributed by atoms with Gasteiger partial charge in [0.2, 0.25) is 5.91 Å². The van der Waals surface area contributed by atoms with Crippen LogP contribution in [0.2, 0.25) is 0 Å². The summed E-state index contributed by atoms with van der Waals surface area (Å²) in [7, 11) is 0. The molecule has 4 aromatic rings. The van der Waals surface area contributed by atoms with Gasteiger partial charge in [-0.2, -0.15) is 0 Å². The molecule has 0 fully saturated rings. The molecule has 13 heteroatoms. The first-order valence-corrected chi connectivity index (χ1v) is 21.1. The molecule has 2 aromatic carbocycles. The number of nitrogens with one attached hydrogen (secondary N) is 3. The first-order chi connectivity index (χ1) is 28.7. The average Bonchev–Trinajstić information content (AvgIpc) is 3.22. The zero-order valence-electron chi connectivity index (χ0n) is 34.4. The van der Waals surface area contributed by atoms with Crippen LogP contribution in [0.15, 0.2) is 72.8 Å². The minimum Gasteiger partial charge on any atom is -0.481 e. The second-order valence-corrected chi connectivity index (χ2v) is 15.2. The fraction of sp³-hybridized carbons (Fsp3) is 0.478. The number of pyridine rings is 2. The van der Waals surface area contributed by atoms with Crippen LogP contribution in [-0.4, -0.2) is 69.0 Å². The minimum atomic E-state index is -0.889. The Labute approximate surface area is 348 Å². The molecule has 0 spiro atoms. The lowest BCUT2D eigenvalue weighted by Gasteiger charge is -2.23. The Morgan fingerprint density at radius 2 is 1.29 bits per heavy atom. The molecule has 0 aliphatic carbocycles. The van der Waals surface area contributed by atoms with Crippen molar-refractivity contribution >= 4 is 52.0 Å². The van der Waals surface area contributed by atoms with Crippen molar-refractivity contribution in [3.05, 3.63) is 90.7 Å². The molecule has 0 aliphatic rings. The van der Waals surface area contributed by atoms with E-state index in [9.17, 15) is 24.0 Å². The Hall–Kier alpha value is -5.43. The van der Waals surface area contributed by atoms with E-state index < -0.39 is 12.2 Å². The molecule has 2 unspecified atom stereocenters. The molecule has 317 valence electrons. The van der Waals surface area contributed by atoms with Crippen LogP contribution in [0, 0.1) is 6.54 Å². The number of ketones is 1. The van der Waals surface area contributed by atoms with Crippen LogP contribution >= 0.6 is 0 Å². The van der Waals surface area contributed by atoms with Gasteiger partial charge in [-0.05, 0) is 82.7 Å². The summed E-state index contributed by atoms with van der Waals surface area (Å²) < 4.78 is 5.24. The largest absolute Gasteiger partial charge is 0.481 e. The molecular formula is C46H61N6O7. The highest BCUT2D eigenvalue weighted by Crippen LogP contribution is 2.18. The number of unbranched alkanes of at least 4 members (excludes halogenated alkanes) is 7. The summed E-state index contributed by atoms with van der Waals surface area (Å²) >= 11 is 0. The topological polar surface area (TPSA) is 180 Å². The number of rotatable bonds is 30. The number of carboxylic acid groups (broad SMARTS) is 1. The number of para-hydroxylation sites is 2. The minimum absolute atomic E-state index is 0.00634. The SMILES string of the molecule is CC(CCC(=O)O)NC(=O)N[CH]CCCCCC(=O)CCCCCCC(=O)NC(CCCCN(Cc1ccc2ccccc2n1)Cc1ccc2ccccc2n1)OC=O. The number of carboxylic acids is 1. The number of carbonyl (C=O) groups is 5. The number of nitrogens with zero attached hydrogens (tertiary/aromatic N) is 3. The average molecular weight is 810 g/mol. The van der Waals surface area contributed by atoms with Crippen molar-refractivity contribution in [3.63, 3.8) is 0 Å². The van der Waals surface area contributed by atoms with Crippen molar-refractivity contribution < 1.29 is 33.8 Å². The number of carbonyl (C=O) groups excluding carboxylic acids is 4. The summed E-state index contributed by atoms with van der Waals surface area (Å²) in [5.74, 6) is -0.801. The Morgan fingerprint density at radius 3 is 1.90 bits per heavy atom. The van der Waals surface area contributed by atoms with Gasteiger partial charge in [-0.3, -0.25) is 34.0 Å². The van der Waals surface area contributed by atoms with Crippen LogP contribution in [0.3, 0.4) is 0 Å². The van der Waals surface area contributed by atoms with Crippen LogP contribution in [-0.2, 0) is 37.0 Å². The third kappa shape index (κ3) is 18.8. The van der Waals surface area contributed by atoms with Gasteiger partial charge < -0.3 is 25.8 Å². The van der Waals surface area contributed by atoms with Crippen LogP contribution in [0.1, 0.15) is 121 Å². The first kappa shape index (κ1) is 46.3. The highest BCUT2D eigenvalue weighted by atomic mass is 16.5. The van der Waals surface area contributed by atoms with E-state index in [0.29, 0.717) is 64.5 Å². The number of amides is 3. The van der Waals surface area contributed by atoms with E-state index in [1.165, 1.54) is 0 Å². The number of Topliss-reactive ketones (excluding diaryl/α,β-unsaturated/α-hetero) is 1. The van der Waals surface area contributed by atoms with E-state index in [1.807, 2.05) is 36.4 Å². The summed E-state index contributed by atoms with van der Waals surface area (Å²) in [6.45, 7) is 5.91.